The Morgan fingerprint density at radius 2 is 1.71 bits per heavy atom. The molecular weight excluding hydrogens is 473 g/mol. The maximum absolute atomic E-state index is 13.4. The van der Waals surface area contributed by atoms with Crippen LogP contribution in [-0.2, 0) is 16.1 Å². The second-order valence-electron chi connectivity index (χ2n) is 8.00. The zero-order chi connectivity index (χ0) is 24.9. The van der Waals surface area contributed by atoms with Crippen LogP contribution in [0.3, 0.4) is 0 Å². The molecule has 0 unspecified atom stereocenters. The molecule has 2 fully saturated rings. The number of amides is 4. The molecule has 2 aromatic rings. The molecule has 0 atom stereocenters. The quantitative estimate of drug-likeness (QED) is 0.581. The van der Waals surface area contributed by atoms with Crippen molar-refractivity contribution in [2.75, 3.05) is 32.8 Å². The van der Waals surface area contributed by atoms with Crippen molar-refractivity contribution in [1.29, 1.82) is 0 Å². The Kier molecular flexibility index (Phi) is 7.50. The molecule has 0 N–H and O–H groups in total. The van der Waals surface area contributed by atoms with Crippen LogP contribution in [0.4, 0.5) is 14.0 Å². The van der Waals surface area contributed by atoms with E-state index in [0.29, 0.717) is 49.5 Å². The van der Waals surface area contributed by atoms with Crippen molar-refractivity contribution < 1.29 is 28.3 Å². The summed E-state index contributed by atoms with van der Waals surface area (Å²) in [6.07, 6.45) is 1.23. The molecule has 35 heavy (non-hydrogen) atoms. The van der Waals surface area contributed by atoms with E-state index >= 15 is 0 Å². The third kappa shape index (κ3) is 5.71. The number of benzene rings is 2. The molecule has 2 aromatic carbocycles. The summed E-state index contributed by atoms with van der Waals surface area (Å²) in [5.41, 5.74) is 1.69. The van der Waals surface area contributed by atoms with Crippen LogP contribution >= 0.6 is 11.8 Å². The minimum absolute atomic E-state index is 0.00334. The van der Waals surface area contributed by atoms with Crippen LogP contribution in [0.2, 0.25) is 0 Å². The predicted molar refractivity (Wildman–Crippen MR) is 129 cm³/mol. The summed E-state index contributed by atoms with van der Waals surface area (Å²) < 4.78 is 18.4. The van der Waals surface area contributed by atoms with Crippen LogP contribution in [0.5, 0.6) is 0 Å². The van der Waals surface area contributed by atoms with Crippen molar-refractivity contribution in [2.45, 2.75) is 13.5 Å². The van der Waals surface area contributed by atoms with Crippen LogP contribution < -0.4 is 0 Å². The topological polar surface area (TPSA) is 87.2 Å². The third-order valence-corrected chi connectivity index (χ3v) is 6.56. The second kappa shape index (κ2) is 10.7. The summed E-state index contributed by atoms with van der Waals surface area (Å²) >= 11 is 0.826. The van der Waals surface area contributed by atoms with Crippen molar-refractivity contribution in [3.05, 3.63) is 75.9 Å². The van der Waals surface area contributed by atoms with Crippen molar-refractivity contribution in [3.63, 3.8) is 0 Å². The van der Waals surface area contributed by atoms with Gasteiger partial charge in [0, 0.05) is 31.7 Å². The molecule has 2 saturated heterocycles. The minimum Gasteiger partial charge on any atom is -0.450 e. The van der Waals surface area contributed by atoms with Crippen molar-refractivity contribution in [3.8, 4) is 0 Å². The van der Waals surface area contributed by atoms with Gasteiger partial charge in [-0.05, 0) is 60.2 Å². The number of carbonyl (C=O) groups excluding carboxylic acids is 4. The Morgan fingerprint density at radius 1 is 1.03 bits per heavy atom. The van der Waals surface area contributed by atoms with Crippen LogP contribution in [0, 0.1) is 5.82 Å². The summed E-state index contributed by atoms with van der Waals surface area (Å²) in [5, 5.41) is -0.417. The number of carbonyl (C=O) groups is 4. The lowest BCUT2D eigenvalue weighted by molar-refractivity contribution is -0.123. The maximum atomic E-state index is 13.4. The lowest BCUT2D eigenvalue weighted by atomic mass is 10.1. The van der Waals surface area contributed by atoms with Gasteiger partial charge in [0.1, 0.15) is 5.82 Å². The highest BCUT2D eigenvalue weighted by molar-refractivity contribution is 8.18. The number of hydrogen-bond donors (Lipinski definition) is 0. The molecule has 2 aliphatic heterocycles. The fourth-order valence-corrected chi connectivity index (χ4v) is 4.66. The normalized spacial score (nSPS) is 17.3. The average molecular weight is 498 g/mol. The van der Waals surface area contributed by atoms with E-state index in [1.165, 1.54) is 18.2 Å². The van der Waals surface area contributed by atoms with Gasteiger partial charge in [-0.1, -0.05) is 24.3 Å². The second-order valence-corrected chi connectivity index (χ2v) is 8.99. The number of ether oxygens (including phenoxy) is 1. The van der Waals surface area contributed by atoms with Gasteiger partial charge >= 0.3 is 6.09 Å². The van der Waals surface area contributed by atoms with E-state index in [1.807, 2.05) is 0 Å². The van der Waals surface area contributed by atoms with Crippen molar-refractivity contribution in [2.24, 2.45) is 0 Å². The third-order valence-electron chi connectivity index (χ3n) is 5.65. The van der Waals surface area contributed by atoms with Gasteiger partial charge in [0.15, 0.2) is 0 Å². The van der Waals surface area contributed by atoms with Crippen LogP contribution in [0.15, 0.2) is 53.4 Å². The van der Waals surface area contributed by atoms with Crippen molar-refractivity contribution in [1.82, 2.24) is 14.7 Å². The molecule has 0 aliphatic carbocycles. The van der Waals surface area contributed by atoms with Gasteiger partial charge in [-0.3, -0.25) is 19.3 Å². The van der Waals surface area contributed by atoms with Crippen LogP contribution in [0.25, 0.3) is 6.08 Å². The maximum Gasteiger partial charge on any atom is 0.409 e. The number of thioether (sulfide) groups is 1. The molecule has 0 bridgehead atoms. The number of rotatable bonds is 5. The molecule has 10 heteroatoms. The first-order valence-corrected chi connectivity index (χ1v) is 12.0. The Labute approximate surface area is 206 Å². The van der Waals surface area contributed by atoms with E-state index in [-0.39, 0.29) is 23.5 Å². The molecule has 2 heterocycles. The largest absolute Gasteiger partial charge is 0.450 e. The Morgan fingerprint density at radius 3 is 2.37 bits per heavy atom. The zero-order valence-electron chi connectivity index (χ0n) is 19.1. The Hall–Kier alpha value is -3.66. The van der Waals surface area contributed by atoms with E-state index in [1.54, 1.807) is 53.1 Å². The zero-order valence-corrected chi connectivity index (χ0v) is 19.9. The minimum atomic E-state index is -0.441. The van der Waals surface area contributed by atoms with Crippen LogP contribution in [0.1, 0.15) is 28.4 Å². The summed E-state index contributed by atoms with van der Waals surface area (Å²) in [5.74, 6) is -1.01. The molecule has 182 valence electrons. The Bertz CT molecular complexity index is 1180. The molecule has 0 saturated carbocycles. The lowest BCUT2D eigenvalue weighted by Crippen LogP contribution is -2.50. The molecular formula is C25H24FN3O5S. The molecule has 0 radical (unpaired) electrons. The number of hydrogen-bond acceptors (Lipinski definition) is 6. The number of halogens is 1. The summed E-state index contributed by atoms with van der Waals surface area (Å²) in [4.78, 5) is 54.3. The number of nitrogens with zero attached hydrogens (tertiary/aromatic N) is 3. The molecule has 0 spiro atoms. The van der Waals surface area contributed by atoms with Crippen LogP contribution in [-0.4, -0.2) is 70.6 Å². The average Bonchev–Trinajstić information content (AvgIpc) is 3.11. The first kappa shape index (κ1) is 24.5. The Balaban J connectivity index is 1.38. The smallest absolute Gasteiger partial charge is 0.409 e. The number of imide groups is 1. The first-order chi connectivity index (χ1) is 16.9. The van der Waals surface area contributed by atoms with Gasteiger partial charge in [0.25, 0.3) is 17.1 Å². The predicted octanol–water partition coefficient (Wildman–Crippen LogP) is 3.98. The first-order valence-electron chi connectivity index (χ1n) is 11.2. The van der Waals surface area contributed by atoms with Gasteiger partial charge < -0.3 is 14.5 Å². The van der Waals surface area contributed by atoms with E-state index in [2.05, 4.69) is 0 Å². The molecule has 4 amide bonds. The summed E-state index contributed by atoms with van der Waals surface area (Å²) in [7, 11) is 0. The standard InChI is InChI=1S/C25H24FN3O5S/c1-2-34-24(32)28-12-10-27(11-13-28)22(30)19-8-6-17(7-9-19)15-21-23(31)29(25(33)35-21)16-18-4-3-5-20(26)14-18/h3-9,14-15H,2,10-13,16H2,1H3. The van der Waals surface area contributed by atoms with Gasteiger partial charge in [-0.25, -0.2) is 9.18 Å². The van der Waals surface area contributed by atoms with E-state index < -0.39 is 17.0 Å². The monoisotopic (exact) mass is 497 g/mol. The molecule has 4 rings (SSSR count). The highest BCUT2D eigenvalue weighted by Crippen LogP contribution is 2.33. The molecule has 2 aliphatic rings. The van der Waals surface area contributed by atoms with Gasteiger partial charge in [0.2, 0.25) is 0 Å². The van der Waals surface area contributed by atoms with Gasteiger partial charge in [-0.2, -0.15) is 0 Å². The summed E-state index contributed by atoms with van der Waals surface area (Å²) in [6.45, 7) is 3.71. The fourth-order valence-electron chi connectivity index (χ4n) is 3.82. The molecule has 0 aromatic heterocycles. The highest BCUT2D eigenvalue weighted by Gasteiger charge is 2.35. The lowest BCUT2D eigenvalue weighted by Gasteiger charge is -2.34. The van der Waals surface area contributed by atoms with Crippen molar-refractivity contribution >= 4 is 41.0 Å². The SMILES string of the molecule is CCOC(=O)N1CCN(C(=O)c2ccc(C=C3SC(=O)N(Cc4cccc(F)c4)C3=O)cc2)CC1. The van der Waals surface area contributed by atoms with E-state index in [4.69, 9.17) is 4.74 Å². The number of piperazine rings is 1. The van der Waals surface area contributed by atoms with Gasteiger partial charge in [0.05, 0.1) is 18.1 Å². The summed E-state index contributed by atoms with van der Waals surface area (Å²) in [6, 6.07) is 12.5. The van der Waals surface area contributed by atoms with E-state index in [9.17, 15) is 23.6 Å². The fraction of sp³-hybridized carbons (Fsp3) is 0.280. The van der Waals surface area contributed by atoms with E-state index in [0.717, 1.165) is 16.7 Å². The molecule has 8 nitrogen and oxygen atoms in total. The highest BCUT2D eigenvalue weighted by atomic mass is 32.2. The van der Waals surface area contributed by atoms with Gasteiger partial charge in [-0.15, -0.1) is 0 Å².